The largest absolute Gasteiger partial charge is 0.461 e. The van der Waals surface area contributed by atoms with Crippen molar-refractivity contribution in [3.63, 3.8) is 0 Å². The molecule has 1 aromatic heterocycles. The lowest BCUT2D eigenvalue weighted by Gasteiger charge is -2.11. The van der Waals surface area contributed by atoms with Crippen LogP contribution in [0, 0.1) is 5.82 Å². The molecule has 8 heteroatoms. The van der Waals surface area contributed by atoms with Crippen LogP contribution in [0.5, 0.6) is 6.01 Å². The average Bonchev–Trinajstić information content (AvgIpc) is 2.45. The number of hydrazine groups is 1. The van der Waals surface area contributed by atoms with Gasteiger partial charge in [0.15, 0.2) is 0 Å². The number of anilines is 2. The summed E-state index contributed by atoms with van der Waals surface area (Å²) in [5.41, 5.74) is 3.25. The molecule has 0 radical (unpaired) electrons. The zero-order valence-electron chi connectivity index (χ0n) is 11.8. The van der Waals surface area contributed by atoms with Crippen molar-refractivity contribution >= 4 is 11.9 Å². The predicted octanol–water partition coefficient (Wildman–Crippen LogP) is 1.70. The van der Waals surface area contributed by atoms with E-state index in [1.165, 1.54) is 12.1 Å². The Balaban J connectivity index is 2.09. The summed E-state index contributed by atoms with van der Waals surface area (Å²) in [4.78, 5) is 12.2. The number of nitrogens with two attached hydrogens (primary N) is 1. The van der Waals surface area contributed by atoms with Gasteiger partial charge in [-0.25, -0.2) is 10.2 Å². The SMILES string of the molecule is CC(C)Oc1nc(NN)nc(NCc2ccc(F)cc2)n1. The smallest absolute Gasteiger partial charge is 0.323 e. The van der Waals surface area contributed by atoms with Crippen LogP contribution in [0.4, 0.5) is 16.3 Å². The summed E-state index contributed by atoms with van der Waals surface area (Å²) >= 11 is 0. The molecule has 0 aliphatic rings. The minimum Gasteiger partial charge on any atom is -0.461 e. The van der Waals surface area contributed by atoms with E-state index >= 15 is 0 Å². The molecule has 0 spiro atoms. The highest BCUT2D eigenvalue weighted by molar-refractivity contribution is 5.35. The van der Waals surface area contributed by atoms with Crippen LogP contribution in [0.2, 0.25) is 0 Å². The molecule has 0 aliphatic heterocycles. The fourth-order valence-corrected chi connectivity index (χ4v) is 1.55. The van der Waals surface area contributed by atoms with Gasteiger partial charge in [-0.3, -0.25) is 5.43 Å². The quantitative estimate of drug-likeness (QED) is 0.550. The maximum absolute atomic E-state index is 12.8. The molecule has 1 heterocycles. The zero-order chi connectivity index (χ0) is 15.2. The van der Waals surface area contributed by atoms with Crippen LogP contribution in [0.25, 0.3) is 0 Å². The third-order valence-electron chi connectivity index (χ3n) is 2.45. The highest BCUT2D eigenvalue weighted by Crippen LogP contribution is 2.13. The predicted molar refractivity (Wildman–Crippen MR) is 77.1 cm³/mol. The van der Waals surface area contributed by atoms with Crippen molar-refractivity contribution in [3.05, 3.63) is 35.6 Å². The van der Waals surface area contributed by atoms with Crippen molar-refractivity contribution < 1.29 is 9.13 Å². The Bertz CT molecular complexity index is 590. The van der Waals surface area contributed by atoms with Crippen molar-refractivity contribution in [2.24, 2.45) is 5.84 Å². The molecule has 0 amide bonds. The van der Waals surface area contributed by atoms with E-state index in [9.17, 15) is 4.39 Å². The van der Waals surface area contributed by atoms with Crippen molar-refractivity contribution in [2.45, 2.75) is 26.5 Å². The minimum absolute atomic E-state index is 0.0667. The molecular weight excluding hydrogens is 275 g/mol. The maximum atomic E-state index is 12.8. The second-order valence-electron chi connectivity index (χ2n) is 4.56. The van der Waals surface area contributed by atoms with Crippen LogP contribution in [-0.2, 0) is 6.54 Å². The van der Waals surface area contributed by atoms with E-state index in [-0.39, 0.29) is 23.9 Å². The van der Waals surface area contributed by atoms with Crippen LogP contribution >= 0.6 is 0 Å². The normalized spacial score (nSPS) is 10.5. The van der Waals surface area contributed by atoms with Gasteiger partial charge in [-0.05, 0) is 31.5 Å². The topological polar surface area (TPSA) is 98.0 Å². The van der Waals surface area contributed by atoms with Gasteiger partial charge in [0.25, 0.3) is 0 Å². The molecule has 2 rings (SSSR count). The number of aromatic nitrogens is 3. The summed E-state index contributed by atoms with van der Waals surface area (Å²) in [5, 5.41) is 3.01. The lowest BCUT2D eigenvalue weighted by molar-refractivity contribution is 0.222. The van der Waals surface area contributed by atoms with Crippen molar-refractivity contribution in [1.82, 2.24) is 15.0 Å². The van der Waals surface area contributed by atoms with Gasteiger partial charge in [0, 0.05) is 6.54 Å². The van der Waals surface area contributed by atoms with Crippen LogP contribution in [0.15, 0.2) is 24.3 Å². The highest BCUT2D eigenvalue weighted by atomic mass is 19.1. The van der Waals surface area contributed by atoms with Gasteiger partial charge in [0.05, 0.1) is 6.10 Å². The Morgan fingerprint density at radius 3 is 2.43 bits per heavy atom. The molecule has 0 saturated carbocycles. The number of nitrogens with zero attached hydrogens (tertiary/aromatic N) is 3. The van der Waals surface area contributed by atoms with E-state index in [2.05, 4.69) is 25.7 Å². The second-order valence-corrected chi connectivity index (χ2v) is 4.56. The lowest BCUT2D eigenvalue weighted by atomic mass is 10.2. The third-order valence-corrected chi connectivity index (χ3v) is 2.45. The van der Waals surface area contributed by atoms with Crippen molar-refractivity contribution in [3.8, 4) is 6.01 Å². The van der Waals surface area contributed by atoms with E-state index in [4.69, 9.17) is 10.6 Å². The summed E-state index contributed by atoms with van der Waals surface area (Å²) in [6.07, 6.45) is -0.0667. The van der Waals surface area contributed by atoms with Gasteiger partial charge in [0.1, 0.15) is 5.82 Å². The van der Waals surface area contributed by atoms with Crippen molar-refractivity contribution in [2.75, 3.05) is 10.7 Å². The first-order valence-electron chi connectivity index (χ1n) is 6.44. The average molecular weight is 292 g/mol. The van der Waals surface area contributed by atoms with Gasteiger partial charge in [0.2, 0.25) is 11.9 Å². The molecule has 0 fully saturated rings. The first-order chi connectivity index (χ1) is 10.1. The molecule has 4 N–H and O–H groups in total. The number of rotatable bonds is 6. The van der Waals surface area contributed by atoms with Gasteiger partial charge in [-0.1, -0.05) is 12.1 Å². The molecule has 7 nitrogen and oxygen atoms in total. The molecule has 21 heavy (non-hydrogen) atoms. The number of nitrogen functional groups attached to an aromatic ring is 1. The van der Waals surface area contributed by atoms with Crippen molar-refractivity contribution in [1.29, 1.82) is 0 Å². The summed E-state index contributed by atoms with van der Waals surface area (Å²) in [5.74, 6) is 5.55. The third kappa shape index (κ3) is 4.53. The number of hydrogen-bond acceptors (Lipinski definition) is 7. The maximum Gasteiger partial charge on any atom is 0.323 e. The van der Waals surface area contributed by atoms with Crippen LogP contribution in [-0.4, -0.2) is 21.1 Å². The Hall–Kier alpha value is -2.48. The number of halogens is 1. The molecule has 0 unspecified atom stereocenters. The number of nitrogens with one attached hydrogen (secondary N) is 2. The van der Waals surface area contributed by atoms with Gasteiger partial charge in [-0.2, -0.15) is 15.0 Å². The van der Waals surface area contributed by atoms with E-state index in [0.29, 0.717) is 12.5 Å². The summed E-state index contributed by atoms with van der Waals surface area (Å²) in [6, 6.07) is 6.32. The second kappa shape index (κ2) is 6.80. The Kier molecular flexibility index (Phi) is 4.83. The molecule has 0 aliphatic carbocycles. The number of hydrogen-bond donors (Lipinski definition) is 3. The summed E-state index contributed by atoms with van der Waals surface area (Å²) in [7, 11) is 0. The van der Waals surface area contributed by atoms with Gasteiger partial charge >= 0.3 is 6.01 Å². The zero-order valence-corrected chi connectivity index (χ0v) is 11.8. The minimum atomic E-state index is -0.277. The molecular formula is C13H17FN6O. The monoisotopic (exact) mass is 292 g/mol. The summed E-state index contributed by atoms with van der Waals surface area (Å²) < 4.78 is 18.2. The lowest BCUT2D eigenvalue weighted by Crippen LogP contribution is -2.16. The van der Waals surface area contributed by atoms with E-state index < -0.39 is 0 Å². The van der Waals surface area contributed by atoms with Gasteiger partial charge < -0.3 is 10.1 Å². The van der Waals surface area contributed by atoms with Crippen LogP contribution in [0.1, 0.15) is 19.4 Å². The standard InChI is InChI=1S/C13H17FN6O/c1-8(2)21-13-18-11(17-12(19-13)20-15)16-7-9-3-5-10(14)6-4-9/h3-6,8H,7,15H2,1-2H3,(H2,16,17,18,19,20). The van der Waals surface area contributed by atoms with Gasteiger partial charge in [-0.15, -0.1) is 0 Å². The first-order valence-corrected chi connectivity index (χ1v) is 6.44. The number of ether oxygens (including phenoxy) is 1. The number of benzene rings is 1. The highest BCUT2D eigenvalue weighted by Gasteiger charge is 2.08. The van der Waals surface area contributed by atoms with Crippen LogP contribution in [0.3, 0.4) is 0 Å². The summed E-state index contributed by atoms with van der Waals surface area (Å²) in [6.45, 7) is 4.17. The molecule has 0 saturated heterocycles. The Morgan fingerprint density at radius 1 is 1.14 bits per heavy atom. The fraction of sp³-hybridized carbons (Fsp3) is 0.308. The molecule has 1 aromatic carbocycles. The van der Waals surface area contributed by atoms with Crippen LogP contribution < -0.4 is 21.3 Å². The van der Waals surface area contributed by atoms with E-state index in [1.807, 2.05) is 13.8 Å². The van der Waals surface area contributed by atoms with E-state index in [1.54, 1.807) is 12.1 Å². The molecule has 112 valence electrons. The molecule has 0 bridgehead atoms. The van der Waals surface area contributed by atoms with E-state index in [0.717, 1.165) is 5.56 Å². The fourth-order valence-electron chi connectivity index (χ4n) is 1.55. The Morgan fingerprint density at radius 2 is 1.81 bits per heavy atom. The first kappa shape index (κ1) is 14.9. The molecule has 2 aromatic rings. The molecule has 0 atom stereocenters. The Labute approximate surface area is 121 Å².